The molecule has 4 rings (SSSR count). The van der Waals surface area contributed by atoms with Crippen molar-refractivity contribution in [2.24, 2.45) is 4.99 Å². The zero-order valence-corrected chi connectivity index (χ0v) is 16.1. The number of nitrogens with one attached hydrogen (secondary N) is 1. The second-order valence-electron chi connectivity index (χ2n) is 6.95. The van der Waals surface area contributed by atoms with Gasteiger partial charge in [0.1, 0.15) is 12.7 Å². The first-order chi connectivity index (χ1) is 14.2. The fraction of sp³-hybridized carbons (Fsp3) is 0.200. The van der Waals surface area contributed by atoms with Gasteiger partial charge >= 0.3 is 6.18 Å². The third-order valence-corrected chi connectivity index (χ3v) is 4.62. The molecule has 1 aliphatic heterocycles. The van der Waals surface area contributed by atoms with Crippen LogP contribution in [0.5, 0.6) is 0 Å². The molecule has 154 valence electrons. The molecule has 10 heteroatoms. The summed E-state index contributed by atoms with van der Waals surface area (Å²) in [5, 5.41) is 6.62. The second kappa shape index (κ2) is 7.29. The van der Waals surface area contributed by atoms with Crippen molar-refractivity contribution in [3.63, 3.8) is 0 Å². The largest absolute Gasteiger partial charge is 0.418 e. The molecule has 2 heterocycles. The van der Waals surface area contributed by atoms with E-state index in [9.17, 15) is 18.0 Å². The monoisotopic (exact) mass is 414 g/mol. The fourth-order valence-electron chi connectivity index (χ4n) is 3.23. The number of carbonyl (C=O) groups is 1. The SMILES string of the molecule is CN(C)c1cc2c(cc1C(F)(F)F)NC(=O)CC(c1cccc(-n3cncn3)c1)=N2. The number of hydrogen-bond donors (Lipinski definition) is 1. The third-order valence-electron chi connectivity index (χ3n) is 4.62. The van der Waals surface area contributed by atoms with Crippen molar-refractivity contribution in [1.82, 2.24) is 14.8 Å². The molecular weight excluding hydrogens is 397 g/mol. The van der Waals surface area contributed by atoms with E-state index in [-0.39, 0.29) is 23.5 Å². The highest BCUT2D eigenvalue weighted by Crippen LogP contribution is 2.42. The van der Waals surface area contributed by atoms with Gasteiger partial charge in [-0.05, 0) is 29.8 Å². The van der Waals surface area contributed by atoms with E-state index in [4.69, 9.17) is 0 Å². The van der Waals surface area contributed by atoms with Crippen molar-refractivity contribution in [3.8, 4) is 5.69 Å². The number of amides is 1. The van der Waals surface area contributed by atoms with E-state index in [1.807, 2.05) is 6.07 Å². The van der Waals surface area contributed by atoms with Gasteiger partial charge in [-0.15, -0.1) is 0 Å². The van der Waals surface area contributed by atoms with Gasteiger partial charge < -0.3 is 10.2 Å². The van der Waals surface area contributed by atoms with Gasteiger partial charge in [-0.3, -0.25) is 9.79 Å². The summed E-state index contributed by atoms with van der Waals surface area (Å²) in [4.78, 5) is 22.2. The zero-order valence-electron chi connectivity index (χ0n) is 16.1. The van der Waals surface area contributed by atoms with Crippen LogP contribution in [-0.2, 0) is 11.0 Å². The van der Waals surface area contributed by atoms with E-state index in [1.54, 1.807) is 22.9 Å². The van der Waals surface area contributed by atoms with Crippen LogP contribution in [0.1, 0.15) is 17.5 Å². The number of alkyl halides is 3. The molecule has 3 aromatic rings. The molecule has 0 spiro atoms. The average Bonchev–Trinajstić information content (AvgIpc) is 3.16. The maximum absolute atomic E-state index is 13.5. The third kappa shape index (κ3) is 3.76. The van der Waals surface area contributed by atoms with Gasteiger partial charge in [-0.2, -0.15) is 18.3 Å². The van der Waals surface area contributed by atoms with Gasteiger partial charge in [0.05, 0.1) is 40.4 Å². The van der Waals surface area contributed by atoms with Gasteiger partial charge in [-0.1, -0.05) is 12.1 Å². The highest BCUT2D eigenvalue weighted by atomic mass is 19.4. The van der Waals surface area contributed by atoms with E-state index >= 15 is 0 Å². The normalized spacial score (nSPS) is 13.9. The summed E-state index contributed by atoms with van der Waals surface area (Å²) < 4.78 is 42.1. The van der Waals surface area contributed by atoms with Crippen molar-refractivity contribution < 1.29 is 18.0 Å². The number of benzene rings is 2. The molecule has 0 atom stereocenters. The minimum atomic E-state index is -4.57. The van der Waals surface area contributed by atoms with Crippen molar-refractivity contribution in [2.45, 2.75) is 12.6 Å². The molecule has 1 aromatic heterocycles. The number of halogens is 3. The molecule has 1 amide bonds. The molecule has 0 fully saturated rings. The molecule has 2 aromatic carbocycles. The Kier molecular flexibility index (Phi) is 4.76. The summed E-state index contributed by atoms with van der Waals surface area (Å²) in [6.45, 7) is 0. The lowest BCUT2D eigenvalue weighted by Gasteiger charge is -2.21. The highest BCUT2D eigenvalue weighted by molar-refractivity contribution is 6.17. The van der Waals surface area contributed by atoms with E-state index in [0.29, 0.717) is 11.3 Å². The van der Waals surface area contributed by atoms with Gasteiger partial charge in [0.25, 0.3) is 0 Å². The Morgan fingerprint density at radius 1 is 1.17 bits per heavy atom. The first kappa shape index (κ1) is 19.6. The van der Waals surface area contributed by atoms with E-state index in [0.717, 1.165) is 11.8 Å². The maximum atomic E-state index is 13.5. The van der Waals surface area contributed by atoms with Crippen molar-refractivity contribution >= 4 is 28.7 Å². The summed E-state index contributed by atoms with van der Waals surface area (Å²) in [5.41, 5.74) is 1.25. The fourth-order valence-corrected chi connectivity index (χ4v) is 3.23. The van der Waals surface area contributed by atoms with Crippen LogP contribution in [0.3, 0.4) is 0 Å². The first-order valence-corrected chi connectivity index (χ1v) is 8.98. The quantitative estimate of drug-likeness (QED) is 0.707. The van der Waals surface area contributed by atoms with E-state index < -0.39 is 17.6 Å². The number of anilines is 2. The van der Waals surface area contributed by atoms with Crippen LogP contribution in [-0.4, -0.2) is 40.5 Å². The number of nitrogens with zero attached hydrogens (tertiary/aromatic N) is 5. The number of aliphatic imine (C=N–C) groups is 1. The van der Waals surface area contributed by atoms with Crippen LogP contribution in [0, 0.1) is 0 Å². The lowest BCUT2D eigenvalue weighted by Crippen LogP contribution is -2.18. The number of rotatable bonds is 3. The highest BCUT2D eigenvalue weighted by Gasteiger charge is 2.35. The van der Waals surface area contributed by atoms with Crippen molar-refractivity contribution in [1.29, 1.82) is 0 Å². The van der Waals surface area contributed by atoms with Crippen LogP contribution in [0.15, 0.2) is 54.0 Å². The Bertz CT molecular complexity index is 1140. The van der Waals surface area contributed by atoms with Gasteiger partial charge in [0, 0.05) is 14.1 Å². The van der Waals surface area contributed by atoms with Gasteiger partial charge in [0.15, 0.2) is 0 Å². The average molecular weight is 414 g/mol. The van der Waals surface area contributed by atoms with Gasteiger partial charge in [0.2, 0.25) is 5.91 Å². The molecule has 0 bridgehead atoms. The summed E-state index contributed by atoms with van der Waals surface area (Å²) in [6.07, 6.45) is -1.70. The standard InChI is InChI=1S/C20H17F3N6O/c1-28(2)18-8-17-16(7-14(18)20(21,22)23)27-19(30)9-15(26-17)12-4-3-5-13(6-12)29-11-24-10-25-29/h3-8,10-11H,9H2,1-2H3,(H,27,30). The molecule has 1 N–H and O–H groups in total. The summed E-state index contributed by atoms with van der Waals surface area (Å²) >= 11 is 0. The Morgan fingerprint density at radius 2 is 1.97 bits per heavy atom. The summed E-state index contributed by atoms with van der Waals surface area (Å²) in [5.74, 6) is -0.440. The second-order valence-corrected chi connectivity index (χ2v) is 6.95. The first-order valence-electron chi connectivity index (χ1n) is 8.98. The Morgan fingerprint density at radius 3 is 2.63 bits per heavy atom. The Labute approximate surface area is 169 Å². The Balaban J connectivity index is 1.84. The minimum absolute atomic E-state index is 0.0281. The van der Waals surface area contributed by atoms with Gasteiger partial charge in [-0.25, -0.2) is 9.67 Å². The molecule has 0 unspecified atom stereocenters. The predicted molar refractivity (Wildman–Crippen MR) is 107 cm³/mol. The number of carbonyl (C=O) groups excluding carboxylic acids is 1. The molecule has 0 aliphatic carbocycles. The molecule has 1 aliphatic rings. The smallest absolute Gasteiger partial charge is 0.377 e. The van der Waals surface area contributed by atoms with E-state index in [2.05, 4.69) is 20.4 Å². The summed E-state index contributed by atoms with van der Waals surface area (Å²) in [6, 6.07) is 9.46. The number of hydrogen-bond acceptors (Lipinski definition) is 5. The van der Waals surface area contributed by atoms with Crippen LogP contribution >= 0.6 is 0 Å². The Hall–Kier alpha value is -3.69. The molecule has 30 heavy (non-hydrogen) atoms. The number of fused-ring (bicyclic) bond motifs is 1. The minimum Gasteiger partial charge on any atom is -0.377 e. The van der Waals surface area contributed by atoms with Crippen LogP contribution in [0.4, 0.5) is 30.2 Å². The maximum Gasteiger partial charge on any atom is 0.418 e. The van der Waals surface area contributed by atoms with Crippen molar-refractivity contribution in [2.75, 3.05) is 24.3 Å². The predicted octanol–water partition coefficient (Wildman–Crippen LogP) is 3.82. The lowest BCUT2D eigenvalue weighted by atomic mass is 10.1. The lowest BCUT2D eigenvalue weighted by molar-refractivity contribution is -0.137. The topological polar surface area (TPSA) is 75.4 Å². The summed E-state index contributed by atoms with van der Waals surface area (Å²) in [7, 11) is 3.05. The van der Waals surface area contributed by atoms with Crippen LogP contribution in [0.25, 0.3) is 5.69 Å². The molecule has 0 saturated heterocycles. The van der Waals surface area contributed by atoms with Crippen molar-refractivity contribution in [3.05, 3.63) is 60.2 Å². The zero-order chi connectivity index (χ0) is 21.5. The molecule has 0 radical (unpaired) electrons. The molecule has 7 nitrogen and oxygen atoms in total. The van der Waals surface area contributed by atoms with Crippen LogP contribution in [0.2, 0.25) is 0 Å². The molecular formula is C20H17F3N6O. The molecule has 0 saturated carbocycles. The van der Waals surface area contributed by atoms with E-state index in [1.165, 1.54) is 37.7 Å². The van der Waals surface area contributed by atoms with Crippen LogP contribution < -0.4 is 10.2 Å². The number of aromatic nitrogens is 3.